The lowest BCUT2D eigenvalue weighted by atomic mass is 9.71. The molecule has 23 heavy (non-hydrogen) atoms. The van der Waals surface area contributed by atoms with E-state index in [0.717, 1.165) is 6.42 Å². The maximum atomic E-state index is 12.8. The summed E-state index contributed by atoms with van der Waals surface area (Å²) >= 11 is 12.1. The van der Waals surface area contributed by atoms with E-state index < -0.39 is 11.5 Å². The number of piperidine rings is 2. The summed E-state index contributed by atoms with van der Waals surface area (Å²) in [6, 6.07) is 4.91. The van der Waals surface area contributed by atoms with Crippen LogP contribution in [0.1, 0.15) is 29.6 Å². The molecule has 1 aromatic carbocycles. The predicted octanol–water partition coefficient (Wildman–Crippen LogP) is 2.10. The molecule has 5 nitrogen and oxygen atoms in total. The van der Waals surface area contributed by atoms with Gasteiger partial charge in [-0.3, -0.25) is 9.59 Å². The van der Waals surface area contributed by atoms with E-state index in [-0.39, 0.29) is 23.4 Å². The van der Waals surface area contributed by atoms with E-state index in [4.69, 9.17) is 23.2 Å². The number of aliphatic hydroxyl groups is 1. The Hall–Kier alpha value is -1.30. The number of carbonyl (C=O) groups is 2. The molecule has 2 atom stereocenters. The number of nitrogens with one attached hydrogen (secondary N) is 1. The number of hydrogen-bond donors (Lipinski definition) is 2. The average Bonchev–Trinajstić information content (AvgIpc) is 2.54. The van der Waals surface area contributed by atoms with Crippen molar-refractivity contribution in [3.63, 3.8) is 0 Å². The maximum Gasteiger partial charge on any atom is 0.255 e. The lowest BCUT2D eigenvalue weighted by Crippen LogP contribution is -2.62. The Morgan fingerprint density at radius 2 is 2.17 bits per heavy atom. The molecule has 0 radical (unpaired) electrons. The van der Waals surface area contributed by atoms with Crippen molar-refractivity contribution in [2.75, 3.05) is 19.6 Å². The van der Waals surface area contributed by atoms with Gasteiger partial charge in [0.2, 0.25) is 5.91 Å². The highest BCUT2D eigenvalue weighted by Crippen LogP contribution is 2.38. The molecule has 2 amide bonds. The van der Waals surface area contributed by atoms with E-state index in [9.17, 15) is 14.7 Å². The Morgan fingerprint density at radius 3 is 2.91 bits per heavy atom. The zero-order valence-corrected chi connectivity index (χ0v) is 14.0. The summed E-state index contributed by atoms with van der Waals surface area (Å²) in [5, 5.41) is 13.7. The molecular formula is C16H18Cl2N2O3. The fraction of sp³-hybridized carbons (Fsp3) is 0.500. The molecule has 2 heterocycles. The molecule has 7 heteroatoms. The molecule has 124 valence electrons. The molecule has 0 bridgehead atoms. The zero-order chi connectivity index (χ0) is 16.6. The van der Waals surface area contributed by atoms with Gasteiger partial charge in [-0.25, -0.2) is 0 Å². The third-order valence-electron chi connectivity index (χ3n) is 4.79. The standard InChI is InChI=1S/C16H18Cl2N2O3/c17-11-4-1-3-10(13(11)18)14(22)20-8-5-12(21)16(9-20)6-2-7-19-15(16)23/h1,3-4,12,21H,2,5-9H2,(H,19,23)/t12-,16-/m1/s1. The number of halogens is 2. The summed E-state index contributed by atoms with van der Waals surface area (Å²) in [5.74, 6) is -0.437. The molecule has 0 saturated carbocycles. The van der Waals surface area contributed by atoms with Gasteiger partial charge in [-0.05, 0) is 31.4 Å². The molecule has 1 aromatic rings. The number of hydrogen-bond acceptors (Lipinski definition) is 3. The number of rotatable bonds is 1. The monoisotopic (exact) mass is 356 g/mol. The minimum atomic E-state index is -0.919. The highest BCUT2D eigenvalue weighted by molar-refractivity contribution is 6.43. The number of benzene rings is 1. The molecule has 2 N–H and O–H groups in total. The number of aliphatic hydroxyl groups excluding tert-OH is 1. The summed E-state index contributed by atoms with van der Waals surface area (Å²) < 4.78 is 0. The quantitative estimate of drug-likeness (QED) is 0.809. The number of nitrogens with zero attached hydrogens (tertiary/aromatic N) is 1. The molecule has 1 spiro atoms. The highest BCUT2D eigenvalue weighted by atomic mass is 35.5. The molecule has 2 fully saturated rings. The Balaban J connectivity index is 1.88. The lowest BCUT2D eigenvalue weighted by molar-refractivity contribution is -0.147. The first kappa shape index (κ1) is 16.6. The van der Waals surface area contributed by atoms with Crippen molar-refractivity contribution in [2.24, 2.45) is 5.41 Å². The second-order valence-electron chi connectivity index (χ2n) is 6.15. The third kappa shape index (κ3) is 2.82. The van der Waals surface area contributed by atoms with E-state index in [1.165, 1.54) is 0 Å². The smallest absolute Gasteiger partial charge is 0.255 e. The first-order valence-corrected chi connectivity index (χ1v) is 8.41. The first-order chi connectivity index (χ1) is 11.0. The first-order valence-electron chi connectivity index (χ1n) is 7.65. The van der Waals surface area contributed by atoms with E-state index >= 15 is 0 Å². The molecule has 3 rings (SSSR count). The van der Waals surface area contributed by atoms with Crippen LogP contribution in [0.5, 0.6) is 0 Å². The van der Waals surface area contributed by atoms with Crippen molar-refractivity contribution >= 4 is 35.0 Å². The van der Waals surface area contributed by atoms with Gasteiger partial charge >= 0.3 is 0 Å². The van der Waals surface area contributed by atoms with Crippen LogP contribution in [0, 0.1) is 5.41 Å². The van der Waals surface area contributed by atoms with Gasteiger partial charge < -0.3 is 15.3 Å². The summed E-state index contributed by atoms with van der Waals surface area (Å²) in [7, 11) is 0. The Morgan fingerprint density at radius 1 is 1.39 bits per heavy atom. The van der Waals surface area contributed by atoms with Gasteiger partial charge in [0, 0.05) is 19.6 Å². The molecule has 2 saturated heterocycles. The molecule has 0 unspecified atom stereocenters. The van der Waals surface area contributed by atoms with Crippen LogP contribution < -0.4 is 5.32 Å². The summed E-state index contributed by atoms with van der Waals surface area (Å²) in [6.07, 6.45) is 1.01. The molecule has 2 aliphatic heterocycles. The number of amides is 2. The maximum absolute atomic E-state index is 12.8. The van der Waals surface area contributed by atoms with Crippen molar-refractivity contribution in [2.45, 2.75) is 25.4 Å². The summed E-state index contributed by atoms with van der Waals surface area (Å²) in [6.45, 7) is 1.20. The highest BCUT2D eigenvalue weighted by Gasteiger charge is 2.50. The predicted molar refractivity (Wildman–Crippen MR) is 87.7 cm³/mol. The molecule has 2 aliphatic rings. The summed E-state index contributed by atoms with van der Waals surface area (Å²) in [5.41, 5.74) is -0.598. The number of carbonyl (C=O) groups excluding carboxylic acids is 2. The average molecular weight is 357 g/mol. The van der Waals surface area contributed by atoms with Crippen LogP contribution in [0.2, 0.25) is 10.0 Å². The summed E-state index contributed by atoms with van der Waals surface area (Å²) in [4.78, 5) is 26.7. The van der Waals surface area contributed by atoms with Crippen LogP contribution in [0.25, 0.3) is 0 Å². The normalized spacial score (nSPS) is 27.9. The van der Waals surface area contributed by atoms with Gasteiger partial charge in [-0.15, -0.1) is 0 Å². The SMILES string of the molecule is O=C(c1cccc(Cl)c1Cl)N1CC[C@@H](O)[C@@]2(CCCNC2=O)C1. The fourth-order valence-corrected chi connectivity index (χ4v) is 3.84. The Kier molecular flexibility index (Phi) is 4.54. The van der Waals surface area contributed by atoms with Crippen LogP contribution in [0.15, 0.2) is 18.2 Å². The van der Waals surface area contributed by atoms with E-state index in [1.54, 1.807) is 23.1 Å². The molecule has 0 aromatic heterocycles. The fourth-order valence-electron chi connectivity index (χ4n) is 3.46. The zero-order valence-electron chi connectivity index (χ0n) is 12.5. The Bertz CT molecular complexity index is 652. The lowest BCUT2D eigenvalue weighted by Gasteiger charge is -2.46. The number of likely N-dealkylation sites (tertiary alicyclic amines) is 1. The second-order valence-corrected chi connectivity index (χ2v) is 6.93. The van der Waals surface area contributed by atoms with E-state index in [1.807, 2.05) is 0 Å². The topological polar surface area (TPSA) is 69.6 Å². The van der Waals surface area contributed by atoms with Crippen LogP contribution in [0.4, 0.5) is 0 Å². The van der Waals surface area contributed by atoms with E-state index in [2.05, 4.69) is 5.32 Å². The van der Waals surface area contributed by atoms with Crippen molar-refractivity contribution < 1.29 is 14.7 Å². The van der Waals surface area contributed by atoms with Gasteiger partial charge in [0.1, 0.15) is 0 Å². The van der Waals surface area contributed by atoms with Gasteiger partial charge in [0.05, 0.1) is 27.1 Å². The van der Waals surface area contributed by atoms with Gasteiger partial charge in [0.15, 0.2) is 0 Å². The largest absolute Gasteiger partial charge is 0.392 e. The van der Waals surface area contributed by atoms with Crippen LogP contribution in [-0.4, -0.2) is 47.6 Å². The van der Waals surface area contributed by atoms with Crippen molar-refractivity contribution in [3.8, 4) is 0 Å². The van der Waals surface area contributed by atoms with Crippen molar-refractivity contribution in [1.82, 2.24) is 10.2 Å². The minimum absolute atomic E-state index is 0.175. The van der Waals surface area contributed by atoms with Crippen molar-refractivity contribution in [1.29, 1.82) is 0 Å². The van der Waals surface area contributed by atoms with E-state index in [0.29, 0.717) is 36.5 Å². The third-order valence-corrected chi connectivity index (χ3v) is 5.61. The second kappa shape index (κ2) is 6.30. The van der Waals surface area contributed by atoms with Gasteiger partial charge in [-0.2, -0.15) is 0 Å². The van der Waals surface area contributed by atoms with Crippen LogP contribution in [0.3, 0.4) is 0 Å². The molecular weight excluding hydrogens is 339 g/mol. The van der Waals surface area contributed by atoms with Gasteiger partial charge in [-0.1, -0.05) is 29.3 Å². The van der Waals surface area contributed by atoms with Crippen molar-refractivity contribution in [3.05, 3.63) is 33.8 Å². The van der Waals surface area contributed by atoms with Crippen LogP contribution in [-0.2, 0) is 4.79 Å². The van der Waals surface area contributed by atoms with Gasteiger partial charge in [0.25, 0.3) is 5.91 Å². The molecule has 0 aliphatic carbocycles. The Labute approximate surface area is 144 Å². The van der Waals surface area contributed by atoms with Crippen LogP contribution >= 0.6 is 23.2 Å². The minimum Gasteiger partial charge on any atom is -0.392 e.